The molecule has 2 aliphatic heterocycles. The van der Waals surface area contributed by atoms with E-state index in [0.717, 1.165) is 19.3 Å². The summed E-state index contributed by atoms with van der Waals surface area (Å²) in [5.41, 5.74) is 7.39. The van der Waals surface area contributed by atoms with Crippen molar-refractivity contribution in [3.8, 4) is 0 Å². The second-order valence-corrected chi connectivity index (χ2v) is 15.8. The molecular formula is C38H63FN14O8. The lowest BCUT2D eigenvalue weighted by Gasteiger charge is -2.22. The number of halogens is 1. The van der Waals surface area contributed by atoms with E-state index in [2.05, 4.69) is 25.9 Å². The highest BCUT2D eigenvalue weighted by Gasteiger charge is 2.29. The molecule has 0 spiro atoms. The highest BCUT2D eigenvalue weighted by molar-refractivity contribution is 5.91. The Morgan fingerprint density at radius 3 is 2.54 bits per heavy atom. The van der Waals surface area contributed by atoms with E-state index in [9.17, 15) is 23.6 Å². The second-order valence-electron chi connectivity index (χ2n) is 15.8. The van der Waals surface area contributed by atoms with Crippen molar-refractivity contribution in [2.24, 2.45) is 10.7 Å². The normalized spacial score (nSPS) is 18.2. The maximum atomic E-state index is 14.1. The average Bonchev–Trinajstić information content (AvgIpc) is 3.84. The van der Waals surface area contributed by atoms with Crippen LogP contribution in [0, 0.1) is 0 Å². The third kappa shape index (κ3) is 16.0. The van der Waals surface area contributed by atoms with Gasteiger partial charge in [0.2, 0.25) is 23.1 Å². The molecule has 0 aromatic carbocycles. The van der Waals surface area contributed by atoms with E-state index in [0.29, 0.717) is 87.4 Å². The predicted octanol–water partition coefficient (Wildman–Crippen LogP) is 0.138. The van der Waals surface area contributed by atoms with Crippen molar-refractivity contribution >= 4 is 53.0 Å². The Morgan fingerprint density at radius 2 is 1.85 bits per heavy atom. The zero-order chi connectivity index (χ0) is 44.5. The van der Waals surface area contributed by atoms with E-state index in [4.69, 9.17) is 35.0 Å². The maximum absolute atomic E-state index is 14.1. The lowest BCUT2D eigenvalue weighted by Crippen LogP contribution is -2.41. The highest BCUT2D eigenvalue weighted by Crippen LogP contribution is 2.29. The number of nitrogens with zero attached hydrogens (tertiary/aromatic N) is 10. The van der Waals surface area contributed by atoms with E-state index in [-0.39, 0.29) is 55.4 Å². The number of aliphatic imine (C=N–C) groups is 1. The summed E-state index contributed by atoms with van der Waals surface area (Å²) in [7, 11) is 4.85. The van der Waals surface area contributed by atoms with Crippen molar-refractivity contribution < 1.29 is 42.8 Å². The average molecular weight is 863 g/mol. The molecule has 61 heavy (non-hydrogen) atoms. The van der Waals surface area contributed by atoms with E-state index < -0.39 is 24.1 Å². The van der Waals surface area contributed by atoms with Crippen LogP contribution in [0.5, 0.6) is 0 Å². The third-order valence-corrected chi connectivity index (χ3v) is 9.65. The molecule has 23 heteroatoms. The van der Waals surface area contributed by atoms with Gasteiger partial charge in [-0.1, -0.05) is 6.92 Å². The minimum absolute atomic E-state index is 0.0809. The van der Waals surface area contributed by atoms with Crippen molar-refractivity contribution in [3.63, 3.8) is 0 Å². The Morgan fingerprint density at radius 1 is 1.10 bits per heavy atom. The fourth-order valence-electron chi connectivity index (χ4n) is 6.16. The van der Waals surface area contributed by atoms with Gasteiger partial charge in [0.05, 0.1) is 52.4 Å². The molecule has 2 aliphatic rings. The van der Waals surface area contributed by atoms with Crippen LogP contribution in [0.3, 0.4) is 0 Å². The fourth-order valence-corrected chi connectivity index (χ4v) is 6.16. The molecule has 2 aromatic heterocycles. The van der Waals surface area contributed by atoms with Gasteiger partial charge in [-0.15, -0.1) is 0 Å². The number of anilines is 2. The van der Waals surface area contributed by atoms with Crippen LogP contribution in [0.15, 0.2) is 22.9 Å². The lowest BCUT2D eigenvalue weighted by molar-refractivity contribution is -0.464. The Balaban J connectivity index is 1.14. The number of fused-ring (bicyclic) bond motifs is 1. The van der Waals surface area contributed by atoms with Gasteiger partial charge >= 0.3 is 17.9 Å². The molecule has 4 rings (SSSR count). The first-order valence-electron chi connectivity index (χ1n) is 20.5. The van der Waals surface area contributed by atoms with Crippen molar-refractivity contribution in [1.29, 1.82) is 0 Å². The summed E-state index contributed by atoms with van der Waals surface area (Å²) in [5, 5.41) is 9.30. The van der Waals surface area contributed by atoms with Gasteiger partial charge in [0.25, 0.3) is 0 Å². The number of hydrogen-bond acceptors (Lipinski definition) is 20. The number of hydrogen-bond donors (Lipinski definition) is 4. The molecule has 2 fully saturated rings. The molecule has 22 nitrogen and oxygen atoms in total. The number of allylic oxidation sites excluding steroid dienone is 1. The number of unbranched alkanes of at least 4 members (excludes halogenated alkanes) is 2. The van der Waals surface area contributed by atoms with Gasteiger partial charge < -0.3 is 35.9 Å². The van der Waals surface area contributed by atoms with Crippen molar-refractivity contribution in [2.45, 2.75) is 65.1 Å². The minimum atomic E-state index is -0.948. The molecule has 2 saturated heterocycles. The number of ether oxygens (including phenoxy) is 1. The summed E-state index contributed by atoms with van der Waals surface area (Å²) >= 11 is 0. The molecular weight excluding hydrogens is 800 g/mol. The molecule has 0 unspecified atom stereocenters. The number of nitrogens with two attached hydrogens (primary N) is 1. The van der Waals surface area contributed by atoms with E-state index in [1.165, 1.54) is 7.11 Å². The van der Waals surface area contributed by atoms with Crippen molar-refractivity contribution in [2.75, 3.05) is 117 Å². The second kappa shape index (κ2) is 23.7. The molecule has 4 heterocycles. The number of carbonyl (C=O) groups excluding carboxylic acids is 4. The van der Waals surface area contributed by atoms with Gasteiger partial charge in [-0.05, 0) is 67.1 Å². The predicted molar refractivity (Wildman–Crippen MR) is 224 cm³/mol. The van der Waals surface area contributed by atoms with Gasteiger partial charge in [-0.3, -0.25) is 39.0 Å². The molecule has 0 bridgehead atoms. The number of carbonyl (C=O) groups is 4. The summed E-state index contributed by atoms with van der Waals surface area (Å²) in [6.45, 7) is 11.8. The maximum Gasteiger partial charge on any atom is 0.346 e. The Kier molecular flexibility index (Phi) is 18.8. The molecule has 340 valence electrons. The van der Waals surface area contributed by atoms with Crippen LogP contribution >= 0.6 is 0 Å². The summed E-state index contributed by atoms with van der Waals surface area (Å²) in [4.78, 5) is 90.0. The molecule has 0 saturated carbocycles. The standard InChI is InChI=1S/C38H63FN14O8/c1-8-50-19-18-49(6)24-31(56)60-53(61-32(57)25-50)59-30(55)23-48(5)17-15-42-21-29(54)43-14-11-9-10-13-41-20-28(34(40)58-7)45-35-33-36(52(26-44-33)38(2,3)4)47-37(46-35)51-16-12-27(39)22-51/h20,26-27,42H,8-19,21-25,40H2,1-7H3,(H,43,54)(H,45,46,47)/t27-/m0/s1. The summed E-state index contributed by atoms with van der Waals surface area (Å²) in [5.74, 6) is -1.63. The Hall–Kier alpha value is -5.23. The number of methoxy groups -OCH3 is 1. The van der Waals surface area contributed by atoms with E-state index >= 15 is 0 Å². The van der Waals surface area contributed by atoms with Gasteiger partial charge in [0, 0.05) is 51.4 Å². The van der Waals surface area contributed by atoms with E-state index in [1.54, 1.807) is 36.4 Å². The molecule has 0 radical (unpaired) electrons. The summed E-state index contributed by atoms with van der Waals surface area (Å²) in [6.07, 6.45) is 5.07. The number of aromatic nitrogens is 4. The van der Waals surface area contributed by atoms with Crippen LogP contribution in [-0.4, -0.2) is 182 Å². The molecule has 1 amide bonds. The van der Waals surface area contributed by atoms with Crippen molar-refractivity contribution in [1.82, 2.24) is 50.2 Å². The highest BCUT2D eigenvalue weighted by atomic mass is 19.1. The quantitative estimate of drug-likeness (QED) is 0.0787. The first kappa shape index (κ1) is 48.4. The largest absolute Gasteiger partial charge is 0.481 e. The SMILES string of the molecule is CCN1CCN(C)CC(=O)ON(OC(=O)CN(C)CCNCC(=O)NCCCCCN=CC(Nc2nc(N3CC[C@H](F)C3)nc3c2ncn3C(C)(C)C)=C(N)OC)OC(=O)C1. The van der Waals surface area contributed by atoms with Crippen LogP contribution < -0.4 is 26.6 Å². The van der Waals surface area contributed by atoms with Crippen LogP contribution in [0.25, 0.3) is 11.2 Å². The Bertz CT molecular complexity index is 1840. The van der Waals surface area contributed by atoms with Gasteiger partial charge in [0.1, 0.15) is 11.9 Å². The lowest BCUT2D eigenvalue weighted by atomic mass is 10.1. The number of alkyl halides is 1. The van der Waals surface area contributed by atoms with Gasteiger partial charge in [-0.25, -0.2) is 23.8 Å². The van der Waals surface area contributed by atoms with Crippen molar-refractivity contribution in [3.05, 3.63) is 17.9 Å². The van der Waals surface area contributed by atoms with E-state index in [1.807, 2.05) is 42.1 Å². The fraction of sp³-hybridized carbons (Fsp3) is 0.684. The minimum Gasteiger partial charge on any atom is -0.481 e. The first-order valence-corrected chi connectivity index (χ1v) is 20.5. The number of amides is 1. The third-order valence-electron chi connectivity index (χ3n) is 9.65. The monoisotopic (exact) mass is 862 g/mol. The van der Waals surface area contributed by atoms with Gasteiger partial charge in [0.15, 0.2) is 17.0 Å². The molecule has 1 atom stereocenters. The zero-order valence-corrected chi connectivity index (χ0v) is 36.4. The number of likely N-dealkylation sites (N-methyl/N-ethyl adjacent to an activating group) is 3. The van der Waals surface area contributed by atoms with Gasteiger partial charge in [-0.2, -0.15) is 9.97 Å². The topological polar surface area (TPSA) is 239 Å². The van der Waals surface area contributed by atoms with Crippen LogP contribution in [0.1, 0.15) is 53.4 Å². The number of nitrogens with one attached hydrogen (secondary N) is 3. The molecule has 0 aliphatic carbocycles. The zero-order valence-electron chi connectivity index (χ0n) is 36.4. The number of rotatable bonds is 20. The molecule has 2 aromatic rings. The van der Waals surface area contributed by atoms with Crippen LogP contribution in [-0.2, 0) is 44.0 Å². The van der Waals surface area contributed by atoms with Crippen LogP contribution in [0.2, 0.25) is 0 Å². The molecule has 5 N–H and O–H groups in total. The summed E-state index contributed by atoms with van der Waals surface area (Å²) < 4.78 is 21.4. The summed E-state index contributed by atoms with van der Waals surface area (Å²) in [6, 6.07) is 0. The smallest absolute Gasteiger partial charge is 0.346 e. The Labute approximate surface area is 355 Å². The number of imidazole rings is 1. The van der Waals surface area contributed by atoms with Crippen LogP contribution in [0.4, 0.5) is 16.2 Å². The first-order chi connectivity index (χ1) is 29.1.